The van der Waals surface area contributed by atoms with Crippen molar-refractivity contribution in [2.24, 2.45) is 11.1 Å². The van der Waals surface area contributed by atoms with Crippen LogP contribution in [0.4, 0.5) is 0 Å². The van der Waals surface area contributed by atoms with E-state index in [-0.39, 0.29) is 5.91 Å². The molecule has 0 saturated heterocycles. The summed E-state index contributed by atoms with van der Waals surface area (Å²) in [5, 5.41) is 3.49. The Morgan fingerprint density at radius 3 is 2.89 bits per heavy atom. The van der Waals surface area contributed by atoms with E-state index in [0.717, 1.165) is 12.8 Å². The van der Waals surface area contributed by atoms with Gasteiger partial charge in [0.25, 0.3) is 0 Å². The number of nitrogens with two attached hydrogens (primary N) is 1. The lowest BCUT2D eigenvalue weighted by molar-refractivity contribution is -0.125. The summed E-state index contributed by atoms with van der Waals surface area (Å²) in [6, 6.07) is 6.98. The molecule has 18 heavy (non-hydrogen) atoms. The molecule has 98 valence electrons. The molecule has 0 saturated carbocycles. The van der Waals surface area contributed by atoms with Gasteiger partial charge in [-0.3, -0.25) is 4.79 Å². The second-order valence-electron chi connectivity index (χ2n) is 5.92. The summed E-state index contributed by atoms with van der Waals surface area (Å²) in [5.74, 6) is -0.252. The molecule has 0 aliphatic heterocycles. The smallest absolute Gasteiger partial charge is 0.224 e. The molecule has 3 heteroatoms. The maximum Gasteiger partial charge on any atom is 0.224 e. The van der Waals surface area contributed by atoms with E-state index in [1.165, 1.54) is 16.7 Å². The highest BCUT2D eigenvalue weighted by Crippen LogP contribution is 2.32. The van der Waals surface area contributed by atoms with Crippen molar-refractivity contribution in [2.75, 3.05) is 6.54 Å². The molecule has 1 aromatic rings. The molecule has 0 fully saturated rings. The monoisotopic (exact) mass is 246 g/mol. The van der Waals surface area contributed by atoms with Gasteiger partial charge in [-0.1, -0.05) is 23.8 Å². The first-order chi connectivity index (χ1) is 8.40. The Labute approximate surface area is 109 Å². The summed E-state index contributed by atoms with van der Waals surface area (Å²) in [6.45, 7) is 6.51. The number of hydrogen-bond donors (Lipinski definition) is 2. The lowest BCUT2D eigenvalue weighted by Crippen LogP contribution is -2.41. The van der Waals surface area contributed by atoms with E-state index in [1.54, 1.807) is 0 Å². The quantitative estimate of drug-likeness (QED) is 0.854. The van der Waals surface area contributed by atoms with Crippen molar-refractivity contribution in [3.63, 3.8) is 0 Å². The van der Waals surface area contributed by atoms with E-state index >= 15 is 0 Å². The molecule has 2 rings (SSSR count). The van der Waals surface area contributed by atoms with Gasteiger partial charge in [-0.15, -0.1) is 0 Å². The fourth-order valence-electron chi connectivity index (χ4n) is 2.40. The average molecular weight is 246 g/mol. The van der Waals surface area contributed by atoms with Crippen LogP contribution >= 0.6 is 0 Å². The van der Waals surface area contributed by atoms with Crippen LogP contribution in [0.15, 0.2) is 18.2 Å². The van der Waals surface area contributed by atoms with Gasteiger partial charge in [0.05, 0.1) is 5.41 Å². The van der Waals surface area contributed by atoms with Gasteiger partial charge < -0.3 is 11.1 Å². The van der Waals surface area contributed by atoms with E-state index in [2.05, 4.69) is 30.4 Å². The molecule has 1 aliphatic carbocycles. The van der Waals surface area contributed by atoms with Crippen molar-refractivity contribution in [3.8, 4) is 0 Å². The number of primary amides is 1. The van der Waals surface area contributed by atoms with E-state index in [9.17, 15) is 4.79 Å². The van der Waals surface area contributed by atoms with Gasteiger partial charge in [0.2, 0.25) is 5.91 Å². The topological polar surface area (TPSA) is 55.1 Å². The van der Waals surface area contributed by atoms with Gasteiger partial charge in [0.15, 0.2) is 0 Å². The van der Waals surface area contributed by atoms with Crippen molar-refractivity contribution >= 4 is 5.91 Å². The molecule has 1 aromatic carbocycles. The van der Waals surface area contributed by atoms with Crippen molar-refractivity contribution in [3.05, 3.63) is 34.9 Å². The van der Waals surface area contributed by atoms with Crippen LogP contribution in [0.2, 0.25) is 0 Å². The molecule has 0 unspecified atom stereocenters. The van der Waals surface area contributed by atoms with Crippen LogP contribution in [0.3, 0.4) is 0 Å². The molecule has 0 bridgehead atoms. The summed E-state index contributed by atoms with van der Waals surface area (Å²) in [5.41, 5.74) is 9.00. The van der Waals surface area contributed by atoms with Gasteiger partial charge in [-0.05, 0) is 44.7 Å². The average Bonchev–Trinajstić information content (AvgIpc) is 2.68. The Balaban J connectivity index is 2.06. The van der Waals surface area contributed by atoms with Gasteiger partial charge in [-0.2, -0.15) is 0 Å². The molecule has 3 nitrogen and oxygen atoms in total. The predicted molar refractivity (Wildman–Crippen MR) is 73.2 cm³/mol. The van der Waals surface area contributed by atoms with Crippen LogP contribution in [-0.2, 0) is 11.2 Å². The first kappa shape index (κ1) is 13.1. The second-order valence-corrected chi connectivity index (χ2v) is 5.92. The number of carbonyl (C=O) groups is 1. The number of fused-ring (bicyclic) bond motifs is 1. The minimum absolute atomic E-state index is 0.252. The molecule has 3 N–H and O–H groups in total. The van der Waals surface area contributed by atoms with Crippen LogP contribution < -0.4 is 11.1 Å². The summed E-state index contributed by atoms with van der Waals surface area (Å²) in [4.78, 5) is 11.3. The Kier molecular flexibility index (Phi) is 3.44. The summed E-state index contributed by atoms with van der Waals surface area (Å²) < 4.78 is 0. The summed E-state index contributed by atoms with van der Waals surface area (Å²) >= 11 is 0. The first-order valence-electron chi connectivity index (χ1n) is 6.53. The van der Waals surface area contributed by atoms with Crippen LogP contribution in [0, 0.1) is 12.3 Å². The van der Waals surface area contributed by atoms with E-state index in [4.69, 9.17) is 5.73 Å². The Hall–Kier alpha value is -1.35. The van der Waals surface area contributed by atoms with Gasteiger partial charge in [-0.25, -0.2) is 0 Å². The number of rotatable bonds is 4. The fourth-order valence-corrected chi connectivity index (χ4v) is 2.40. The summed E-state index contributed by atoms with van der Waals surface area (Å²) in [7, 11) is 0. The van der Waals surface area contributed by atoms with Crippen molar-refractivity contribution < 1.29 is 4.79 Å². The number of carbonyl (C=O) groups excluding carboxylic acids is 1. The van der Waals surface area contributed by atoms with Gasteiger partial charge in [0, 0.05) is 12.6 Å². The third kappa shape index (κ3) is 2.56. The standard InChI is InChI=1S/C15H22N2O/c1-10-4-5-11-6-7-13(12(11)8-10)17-9-15(2,3)14(16)18/h4-5,8,13,17H,6-7,9H2,1-3H3,(H2,16,18)/t13-/m0/s1. The van der Waals surface area contributed by atoms with Crippen molar-refractivity contribution in [2.45, 2.75) is 39.7 Å². The third-order valence-electron chi connectivity index (χ3n) is 3.84. The highest BCUT2D eigenvalue weighted by Gasteiger charge is 2.28. The molecule has 0 heterocycles. The lowest BCUT2D eigenvalue weighted by atomic mass is 9.92. The lowest BCUT2D eigenvalue weighted by Gasteiger charge is -2.24. The Bertz CT molecular complexity index is 466. The molecule has 1 amide bonds. The minimum Gasteiger partial charge on any atom is -0.369 e. The number of hydrogen-bond acceptors (Lipinski definition) is 2. The van der Waals surface area contributed by atoms with E-state index in [0.29, 0.717) is 12.6 Å². The van der Waals surface area contributed by atoms with Crippen LogP contribution in [-0.4, -0.2) is 12.5 Å². The summed E-state index contributed by atoms with van der Waals surface area (Å²) in [6.07, 6.45) is 2.22. The highest BCUT2D eigenvalue weighted by atomic mass is 16.1. The fraction of sp³-hybridized carbons (Fsp3) is 0.533. The largest absolute Gasteiger partial charge is 0.369 e. The Morgan fingerprint density at radius 2 is 2.22 bits per heavy atom. The van der Waals surface area contributed by atoms with Crippen LogP contribution in [0.1, 0.15) is 43.0 Å². The SMILES string of the molecule is Cc1ccc2c(c1)[C@@H](NCC(C)(C)C(N)=O)CC2. The number of amides is 1. The zero-order valence-corrected chi connectivity index (χ0v) is 11.4. The molecule has 1 atom stereocenters. The molecular formula is C15H22N2O. The number of benzene rings is 1. The molecule has 0 radical (unpaired) electrons. The van der Waals surface area contributed by atoms with Crippen molar-refractivity contribution in [1.82, 2.24) is 5.32 Å². The normalized spacial score (nSPS) is 18.7. The van der Waals surface area contributed by atoms with Crippen LogP contribution in [0.25, 0.3) is 0 Å². The van der Waals surface area contributed by atoms with Gasteiger partial charge in [0.1, 0.15) is 0 Å². The maximum atomic E-state index is 11.3. The predicted octanol–water partition coefficient (Wildman–Crippen LogP) is 2.08. The Morgan fingerprint density at radius 1 is 1.50 bits per heavy atom. The molecule has 0 spiro atoms. The zero-order chi connectivity index (χ0) is 13.3. The first-order valence-corrected chi connectivity index (χ1v) is 6.53. The molecular weight excluding hydrogens is 224 g/mol. The van der Waals surface area contributed by atoms with Crippen LogP contribution in [0.5, 0.6) is 0 Å². The second kappa shape index (κ2) is 4.73. The molecule has 0 aromatic heterocycles. The number of aryl methyl sites for hydroxylation is 2. The minimum atomic E-state index is -0.493. The third-order valence-corrected chi connectivity index (χ3v) is 3.84. The maximum absolute atomic E-state index is 11.3. The van der Waals surface area contributed by atoms with E-state index < -0.39 is 5.41 Å². The number of nitrogens with one attached hydrogen (secondary N) is 1. The zero-order valence-electron chi connectivity index (χ0n) is 11.4. The van der Waals surface area contributed by atoms with Gasteiger partial charge >= 0.3 is 0 Å². The van der Waals surface area contributed by atoms with E-state index in [1.807, 2.05) is 13.8 Å². The highest BCUT2D eigenvalue weighted by molar-refractivity contribution is 5.80. The molecule has 1 aliphatic rings. The van der Waals surface area contributed by atoms with Crippen molar-refractivity contribution in [1.29, 1.82) is 0 Å².